The molecule has 2 rings (SSSR count). The van der Waals surface area contributed by atoms with E-state index in [1.54, 1.807) is 7.11 Å². The molecule has 1 saturated heterocycles. The van der Waals surface area contributed by atoms with E-state index in [-0.39, 0.29) is 0 Å². The lowest BCUT2D eigenvalue weighted by atomic mass is 9.99. The molecule has 1 fully saturated rings. The van der Waals surface area contributed by atoms with Gasteiger partial charge in [-0.2, -0.15) is 0 Å². The number of ether oxygens (including phenoxy) is 1. The molecule has 0 bridgehead atoms. The van der Waals surface area contributed by atoms with Crippen molar-refractivity contribution >= 4 is 5.82 Å². The number of hydrogen-bond donors (Lipinski definition) is 1. The lowest BCUT2D eigenvalue weighted by Crippen LogP contribution is -2.37. The van der Waals surface area contributed by atoms with Crippen molar-refractivity contribution in [2.24, 2.45) is 5.92 Å². The number of rotatable bonds is 6. The first-order chi connectivity index (χ1) is 9.74. The summed E-state index contributed by atoms with van der Waals surface area (Å²) in [6.45, 7) is 9.15. The van der Waals surface area contributed by atoms with Crippen LogP contribution >= 0.6 is 0 Å². The monoisotopic (exact) mass is 277 g/mol. The quantitative estimate of drug-likeness (QED) is 0.866. The van der Waals surface area contributed by atoms with Crippen LogP contribution < -0.4 is 10.2 Å². The molecule has 112 valence electrons. The number of pyridine rings is 1. The molecule has 1 unspecified atom stereocenters. The highest BCUT2D eigenvalue weighted by Crippen LogP contribution is 2.23. The standard InChI is InChI=1S/C16H27N3O/c1-4-17-10-15-7-8-16(18-13(15)2)19-9-5-6-14(11-19)12-20-3/h7-8,14,17H,4-6,9-12H2,1-3H3. The third kappa shape index (κ3) is 3.93. The molecule has 0 aliphatic carbocycles. The van der Waals surface area contributed by atoms with E-state index >= 15 is 0 Å². The summed E-state index contributed by atoms with van der Waals surface area (Å²) in [6.07, 6.45) is 2.50. The number of piperidine rings is 1. The Kier molecular flexibility index (Phi) is 5.80. The van der Waals surface area contributed by atoms with Crippen molar-refractivity contribution in [2.45, 2.75) is 33.2 Å². The predicted molar refractivity (Wildman–Crippen MR) is 83.2 cm³/mol. The van der Waals surface area contributed by atoms with Crippen molar-refractivity contribution in [3.05, 3.63) is 23.4 Å². The Hall–Kier alpha value is -1.13. The zero-order valence-electron chi connectivity index (χ0n) is 13.0. The molecular weight excluding hydrogens is 250 g/mol. The van der Waals surface area contributed by atoms with Gasteiger partial charge < -0.3 is 15.0 Å². The van der Waals surface area contributed by atoms with Crippen molar-refractivity contribution in [3.63, 3.8) is 0 Å². The first-order valence-corrected chi connectivity index (χ1v) is 7.65. The number of nitrogens with zero attached hydrogens (tertiary/aromatic N) is 2. The summed E-state index contributed by atoms with van der Waals surface area (Å²) in [7, 11) is 1.79. The van der Waals surface area contributed by atoms with E-state index in [0.717, 1.165) is 44.3 Å². The normalized spacial score (nSPS) is 19.4. The van der Waals surface area contributed by atoms with E-state index in [1.807, 2.05) is 0 Å². The fourth-order valence-electron chi connectivity index (χ4n) is 2.84. The largest absolute Gasteiger partial charge is 0.384 e. The summed E-state index contributed by atoms with van der Waals surface area (Å²) < 4.78 is 5.30. The molecule has 20 heavy (non-hydrogen) atoms. The summed E-state index contributed by atoms with van der Waals surface area (Å²) in [6, 6.07) is 4.37. The minimum atomic E-state index is 0.636. The van der Waals surface area contributed by atoms with E-state index in [2.05, 4.69) is 36.2 Å². The van der Waals surface area contributed by atoms with Crippen LogP contribution in [0.15, 0.2) is 12.1 Å². The van der Waals surface area contributed by atoms with Crippen molar-refractivity contribution < 1.29 is 4.74 Å². The average molecular weight is 277 g/mol. The third-order valence-electron chi connectivity index (χ3n) is 3.99. The van der Waals surface area contributed by atoms with Gasteiger partial charge in [-0.05, 0) is 43.9 Å². The third-order valence-corrected chi connectivity index (χ3v) is 3.99. The van der Waals surface area contributed by atoms with Gasteiger partial charge in [0, 0.05) is 32.4 Å². The Morgan fingerprint density at radius 1 is 1.45 bits per heavy atom. The molecule has 0 radical (unpaired) electrons. The molecule has 2 heterocycles. The molecule has 1 aromatic heterocycles. The predicted octanol–water partition coefficient (Wildman–Crippen LogP) is 2.36. The maximum Gasteiger partial charge on any atom is 0.128 e. The van der Waals surface area contributed by atoms with Gasteiger partial charge in [0.05, 0.1) is 6.61 Å². The molecule has 4 nitrogen and oxygen atoms in total. The Labute approximate surface area is 122 Å². The van der Waals surface area contributed by atoms with Crippen LogP contribution in [0.4, 0.5) is 5.82 Å². The Bertz CT molecular complexity index is 420. The maximum absolute atomic E-state index is 5.30. The minimum Gasteiger partial charge on any atom is -0.384 e. The molecular formula is C16H27N3O. The zero-order chi connectivity index (χ0) is 14.4. The van der Waals surface area contributed by atoms with E-state index in [9.17, 15) is 0 Å². The molecule has 0 amide bonds. The van der Waals surface area contributed by atoms with E-state index in [4.69, 9.17) is 9.72 Å². The van der Waals surface area contributed by atoms with Crippen LogP contribution in [0.2, 0.25) is 0 Å². The second-order valence-corrected chi connectivity index (χ2v) is 5.60. The summed E-state index contributed by atoms with van der Waals surface area (Å²) in [5.41, 5.74) is 2.43. The summed E-state index contributed by atoms with van der Waals surface area (Å²) >= 11 is 0. The van der Waals surface area contributed by atoms with Gasteiger partial charge in [0.25, 0.3) is 0 Å². The summed E-state index contributed by atoms with van der Waals surface area (Å²) in [5, 5.41) is 3.36. The second-order valence-electron chi connectivity index (χ2n) is 5.60. The van der Waals surface area contributed by atoms with Crippen LogP contribution in [0.3, 0.4) is 0 Å². The number of nitrogens with one attached hydrogen (secondary N) is 1. The van der Waals surface area contributed by atoms with E-state index < -0.39 is 0 Å². The van der Waals surface area contributed by atoms with Crippen LogP contribution in [-0.2, 0) is 11.3 Å². The highest BCUT2D eigenvalue weighted by atomic mass is 16.5. The number of aromatic nitrogens is 1. The highest BCUT2D eigenvalue weighted by Gasteiger charge is 2.21. The molecule has 1 aliphatic rings. The lowest BCUT2D eigenvalue weighted by molar-refractivity contribution is 0.143. The molecule has 1 atom stereocenters. The van der Waals surface area contributed by atoms with E-state index in [0.29, 0.717) is 5.92 Å². The Morgan fingerprint density at radius 2 is 2.30 bits per heavy atom. The number of hydrogen-bond acceptors (Lipinski definition) is 4. The van der Waals surface area contributed by atoms with Gasteiger partial charge in [-0.25, -0.2) is 4.98 Å². The lowest BCUT2D eigenvalue weighted by Gasteiger charge is -2.33. The number of anilines is 1. The van der Waals surface area contributed by atoms with Crippen LogP contribution in [0, 0.1) is 12.8 Å². The maximum atomic E-state index is 5.30. The van der Waals surface area contributed by atoms with Crippen molar-refractivity contribution in [1.82, 2.24) is 10.3 Å². The van der Waals surface area contributed by atoms with E-state index in [1.165, 1.54) is 18.4 Å². The fourth-order valence-corrected chi connectivity index (χ4v) is 2.84. The van der Waals surface area contributed by atoms with Gasteiger partial charge in [-0.3, -0.25) is 0 Å². The van der Waals surface area contributed by atoms with Crippen molar-refractivity contribution in [1.29, 1.82) is 0 Å². The zero-order valence-corrected chi connectivity index (χ0v) is 13.0. The minimum absolute atomic E-state index is 0.636. The smallest absolute Gasteiger partial charge is 0.128 e. The van der Waals surface area contributed by atoms with Gasteiger partial charge in [0.15, 0.2) is 0 Å². The highest BCUT2D eigenvalue weighted by molar-refractivity contribution is 5.42. The van der Waals surface area contributed by atoms with Gasteiger partial charge in [0.1, 0.15) is 5.82 Å². The molecule has 1 aromatic rings. The van der Waals surface area contributed by atoms with Crippen LogP contribution in [0.25, 0.3) is 0 Å². The molecule has 0 saturated carbocycles. The summed E-state index contributed by atoms with van der Waals surface area (Å²) in [4.78, 5) is 7.19. The van der Waals surface area contributed by atoms with Crippen LogP contribution in [0.1, 0.15) is 31.0 Å². The van der Waals surface area contributed by atoms with Gasteiger partial charge in [0.2, 0.25) is 0 Å². The molecule has 1 N–H and O–H groups in total. The SMILES string of the molecule is CCNCc1ccc(N2CCCC(COC)C2)nc1C. The number of methoxy groups -OCH3 is 1. The first-order valence-electron chi connectivity index (χ1n) is 7.65. The second kappa shape index (κ2) is 7.60. The molecule has 1 aliphatic heterocycles. The Balaban J connectivity index is 2.03. The Morgan fingerprint density at radius 3 is 3.00 bits per heavy atom. The number of aryl methyl sites for hydroxylation is 1. The van der Waals surface area contributed by atoms with Crippen molar-refractivity contribution in [2.75, 3.05) is 38.3 Å². The molecule has 0 spiro atoms. The fraction of sp³-hybridized carbons (Fsp3) is 0.688. The van der Waals surface area contributed by atoms with Crippen LogP contribution in [0.5, 0.6) is 0 Å². The average Bonchev–Trinajstić information content (AvgIpc) is 2.46. The van der Waals surface area contributed by atoms with Gasteiger partial charge >= 0.3 is 0 Å². The van der Waals surface area contributed by atoms with Crippen molar-refractivity contribution in [3.8, 4) is 0 Å². The topological polar surface area (TPSA) is 37.4 Å². The van der Waals surface area contributed by atoms with Gasteiger partial charge in [-0.15, -0.1) is 0 Å². The first kappa shape index (κ1) is 15.3. The van der Waals surface area contributed by atoms with Gasteiger partial charge in [-0.1, -0.05) is 13.0 Å². The molecule has 4 heteroatoms. The molecule has 0 aromatic carbocycles. The summed E-state index contributed by atoms with van der Waals surface area (Å²) in [5.74, 6) is 1.75. The van der Waals surface area contributed by atoms with Crippen LogP contribution in [-0.4, -0.2) is 38.3 Å².